The van der Waals surface area contributed by atoms with Crippen LogP contribution in [0.4, 0.5) is 4.39 Å². The maximum Gasteiger partial charge on any atom is 0.256 e. The number of carbonyl (C=O) groups is 1. The number of carbonyl (C=O) groups excluding carboxylic acids is 1. The molecule has 1 fully saturated rings. The van der Waals surface area contributed by atoms with Gasteiger partial charge in [-0.2, -0.15) is 0 Å². The fourth-order valence-corrected chi connectivity index (χ4v) is 2.12. The third-order valence-corrected chi connectivity index (χ3v) is 3.36. The van der Waals surface area contributed by atoms with Gasteiger partial charge in [0.1, 0.15) is 11.6 Å². The molecule has 98 valence electrons. The number of amides is 1. The third-order valence-electron chi connectivity index (χ3n) is 3.36. The van der Waals surface area contributed by atoms with Gasteiger partial charge in [0.05, 0.1) is 12.7 Å². The summed E-state index contributed by atoms with van der Waals surface area (Å²) in [5.41, 5.74) is 5.93. The Labute approximate surface area is 106 Å². The highest BCUT2D eigenvalue weighted by atomic mass is 19.1. The zero-order chi connectivity index (χ0) is 13.3. The molecule has 2 unspecified atom stereocenters. The summed E-state index contributed by atoms with van der Waals surface area (Å²) in [5, 5.41) is 0. The molecule has 1 aromatic carbocycles. The molecule has 1 saturated heterocycles. The number of hydrogen-bond donors (Lipinski definition) is 1. The van der Waals surface area contributed by atoms with E-state index in [1.54, 1.807) is 11.0 Å². The molecular formula is C13H17FN2O2. The number of hydrogen-bond acceptors (Lipinski definition) is 3. The van der Waals surface area contributed by atoms with E-state index in [2.05, 4.69) is 0 Å². The summed E-state index contributed by atoms with van der Waals surface area (Å²) in [7, 11) is 1.46. The molecule has 1 heterocycles. The lowest BCUT2D eigenvalue weighted by atomic mass is 10.1. The number of likely N-dealkylation sites (tertiary alicyclic amines) is 1. The standard InChI is InChI=1S/C13H17FN2O2/c1-8-6-16(7-12(8)15)13(17)10-4-3-9(18-2)5-11(10)14/h3-5,8,12H,6-7,15H2,1-2H3. The monoisotopic (exact) mass is 252 g/mol. The second kappa shape index (κ2) is 4.94. The number of methoxy groups -OCH3 is 1. The largest absolute Gasteiger partial charge is 0.497 e. The Balaban J connectivity index is 2.19. The van der Waals surface area contributed by atoms with Crippen LogP contribution in [0.25, 0.3) is 0 Å². The zero-order valence-electron chi connectivity index (χ0n) is 10.5. The maximum absolute atomic E-state index is 13.8. The summed E-state index contributed by atoms with van der Waals surface area (Å²) in [6.45, 7) is 3.04. The second-order valence-electron chi connectivity index (χ2n) is 4.70. The Morgan fingerprint density at radius 1 is 1.50 bits per heavy atom. The maximum atomic E-state index is 13.8. The van der Waals surface area contributed by atoms with Crippen LogP contribution in [-0.2, 0) is 0 Å². The molecular weight excluding hydrogens is 235 g/mol. The fourth-order valence-electron chi connectivity index (χ4n) is 2.12. The van der Waals surface area contributed by atoms with E-state index in [0.29, 0.717) is 18.8 Å². The molecule has 0 radical (unpaired) electrons. The Bertz CT molecular complexity index is 454. The number of rotatable bonds is 2. The van der Waals surface area contributed by atoms with Crippen molar-refractivity contribution in [3.05, 3.63) is 29.6 Å². The number of benzene rings is 1. The van der Waals surface area contributed by atoms with Gasteiger partial charge in [0.15, 0.2) is 0 Å². The van der Waals surface area contributed by atoms with Crippen LogP contribution >= 0.6 is 0 Å². The summed E-state index contributed by atoms with van der Waals surface area (Å²) in [6.07, 6.45) is 0. The highest BCUT2D eigenvalue weighted by molar-refractivity contribution is 5.94. The van der Waals surface area contributed by atoms with Gasteiger partial charge in [-0.15, -0.1) is 0 Å². The van der Waals surface area contributed by atoms with E-state index in [0.717, 1.165) is 0 Å². The minimum atomic E-state index is -0.563. The fraction of sp³-hybridized carbons (Fsp3) is 0.462. The lowest BCUT2D eigenvalue weighted by Crippen LogP contribution is -2.32. The van der Waals surface area contributed by atoms with E-state index in [-0.39, 0.29) is 23.4 Å². The van der Waals surface area contributed by atoms with Crippen LogP contribution in [0.3, 0.4) is 0 Å². The topological polar surface area (TPSA) is 55.6 Å². The Morgan fingerprint density at radius 3 is 2.72 bits per heavy atom. The molecule has 1 aliphatic heterocycles. The highest BCUT2D eigenvalue weighted by Gasteiger charge is 2.31. The molecule has 0 bridgehead atoms. The van der Waals surface area contributed by atoms with Gasteiger partial charge in [-0.1, -0.05) is 6.92 Å². The first-order chi connectivity index (χ1) is 8.52. The zero-order valence-corrected chi connectivity index (χ0v) is 10.5. The van der Waals surface area contributed by atoms with Crippen LogP contribution in [0, 0.1) is 11.7 Å². The van der Waals surface area contributed by atoms with Crippen LogP contribution in [0.15, 0.2) is 18.2 Å². The van der Waals surface area contributed by atoms with Crippen molar-refractivity contribution in [1.29, 1.82) is 0 Å². The lowest BCUT2D eigenvalue weighted by Gasteiger charge is -2.16. The van der Waals surface area contributed by atoms with Gasteiger partial charge >= 0.3 is 0 Å². The van der Waals surface area contributed by atoms with Gasteiger partial charge in [-0.25, -0.2) is 4.39 Å². The van der Waals surface area contributed by atoms with Gasteiger partial charge in [0.25, 0.3) is 5.91 Å². The Morgan fingerprint density at radius 2 is 2.22 bits per heavy atom. The predicted molar refractivity (Wildman–Crippen MR) is 66.0 cm³/mol. The van der Waals surface area contributed by atoms with E-state index < -0.39 is 5.82 Å². The number of ether oxygens (including phenoxy) is 1. The molecule has 2 atom stereocenters. The van der Waals surface area contributed by atoms with Gasteiger partial charge < -0.3 is 15.4 Å². The van der Waals surface area contributed by atoms with Crippen molar-refractivity contribution in [3.8, 4) is 5.75 Å². The van der Waals surface area contributed by atoms with Gasteiger partial charge in [0, 0.05) is 25.2 Å². The molecule has 0 aromatic heterocycles. The first-order valence-electron chi connectivity index (χ1n) is 5.91. The van der Waals surface area contributed by atoms with Crippen LogP contribution < -0.4 is 10.5 Å². The summed E-state index contributed by atoms with van der Waals surface area (Å²) >= 11 is 0. The normalized spacial score (nSPS) is 23.2. The van der Waals surface area contributed by atoms with Crippen molar-refractivity contribution in [2.75, 3.05) is 20.2 Å². The summed E-state index contributed by atoms with van der Waals surface area (Å²) in [4.78, 5) is 13.7. The van der Waals surface area contributed by atoms with E-state index in [1.165, 1.54) is 19.2 Å². The number of nitrogens with zero attached hydrogens (tertiary/aromatic N) is 1. The summed E-state index contributed by atoms with van der Waals surface area (Å²) in [5.74, 6) is -0.228. The molecule has 4 nitrogen and oxygen atoms in total. The average molecular weight is 252 g/mol. The molecule has 1 amide bonds. The minimum absolute atomic E-state index is 0.0322. The lowest BCUT2D eigenvalue weighted by molar-refractivity contribution is 0.0782. The number of nitrogens with two attached hydrogens (primary N) is 1. The molecule has 0 spiro atoms. The minimum Gasteiger partial charge on any atom is -0.497 e. The van der Waals surface area contributed by atoms with Crippen molar-refractivity contribution in [2.24, 2.45) is 11.7 Å². The van der Waals surface area contributed by atoms with Gasteiger partial charge in [-0.05, 0) is 18.1 Å². The summed E-state index contributed by atoms with van der Waals surface area (Å²) in [6, 6.07) is 4.21. The molecule has 18 heavy (non-hydrogen) atoms. The molecule has 2 rings (SSSR count). The molecule has 0 saturated carbocycles. The molecule has 1 aromatic rings. The molecule has 1 aliphatic rings. The number of halogens is 1. The second-order valence-corrected chi connectivity index (χ2v) is 4.70. The molecule has 0 aliphatic carbocycles. The average Bonchev–Trinajstić information content (AvgIpc) is 2.68. The van der Waals surface area contributed by atoms with Crippen molar-refractivity contribution in [3.63, 3.8) is 0 Å². The van der Waals surface area contributed by atoms with Crippen LogP contribution in [-0.4, -0.2) is 37.0 Å². The highest BCUT2D eigenvalue weighted by Crippen LogP contribution is 2.21. The SMILES string of the molecule is COc1ccc(C(=O)N2CC(C)C(N)C2)c(F)c1. The smallest absolute Gasteiger partial charge is 0.256 e. The van der Waals surface area contributed by atoms with E-state index in [1.807, 2.05) is 6.92 Å². The van der Waals surface area contributed by atoms with Crippen molar-refractivity contribution in [1.82, 2.24) is 4.90 Å². The molecule has 5 heteroatoms. The van der Waals surface area contributed by atoms with Crippen molar-refractivity contribution < 1.29 is 13.9 Å². The van der Waals surface area contributed by atoms with Crippen LogP contribution in [0.1, 0.15) is 17.3 Å². The first-order valence-corrected chi connectivity index (χ1v) is 5.91. The van der Waals surface area contributed by atoms with Crippen LogP contribution in [0.2, 0.25) is 0 Å². The van der Waals surface area contributed by atoms with Crippen LogP contribution in [0.5, 0.6) is 5.75 Å². The van der Waals surface area contributed by atoms with Gasteiger partial charge in [0.2, 0.25) is 0 Å². The van der Waals surface area contributed by atoms with Gasteiger partial charge in [-0.3, -0.25) is 4.79 Å². The Kier molecular flexibility index (Phi) is 3.52. The predicted octanol–water partition coefficient (Wildman–Crippen LogP) is 1.25. The molecule has 2 N–H and O–H groups in total. The first kappa shape index (κ1) is 12.8. The van der Waals surface area contributed by atoms with E-state index >= 15 is 0 Å². The Hall–Kier alpha value is -1.62. The van der Waals surface area contributed by atoms with Crippen molar-refractivity contribution >= 4 is 5.91 Å². The van der Waals surface area contributed by atoms with Crippen molar-refractivity contribution in [2.45, 2.75) is 13.0 Å². The van der Waals surface area contributed by atoms with E-state index in [4.69, 9.17) is 10.5 Å². The third kappa shape index (κ3) is 2.31. The summed E-state index contributed by atoms with van der Waals surface area (Å²) < 4.78 is 18.7. The quantitative estimate of drug-likeness (QED) is 0.862. The van der Waals surface area contributed by atoms with E-state index in [9.17, 15) is 9.18 Å².